The molecule has 1 fully saturated rings. The summed E-state index contributed by atoms with van der Waals surface area (Å²) in [4.78, 5) is 0. The molecule has 10 heavy (non-hydrogen) atoms. The summed E-state index contributed by atoms with van der Waals surface area (Å²) in [6.45, 7) is 2.68. The van der Waals surface area contributed by atoms with Crippen molar-refractivity contribution in [3.63, 3.8) is 0 Å². The van der Waals surface area contributed by atoms with Crippen LogP contribution in [0.2, 0.25) is 0 Å². The molecule has 0 N–H and O–H groups in total. The molecule has 2 aliphatic rings. The van der Waals surface area contributed by atoms with Crippen LogP contribution in [0.4, 0.5) is 0 Å². The van der Waals surface area contributed by atoms with Gasteiger partial charge in [-0.05, 0) is 12.3 Å². The Morgan fingerprint density at radius 3 is 3.10 bits per heavy atom. The third-order valence-corrected chi connectivity index (χ3v) is 2.14. The number of ether oxygens (including phenoxy) is 2. The average Bonchev–Trinajstić information content (AvgIpc) is 2.33. The van der Waals surface area contributed by atoms with Crippen molar-refractivity contribution < 1.29 is 9.47 Å². The van der Waals surface area contributed by atoms with Crippen LogP contribution >= 0.6 is 0 Å². The minimum absolute atomic E-state index is 0.246. The molecule has 0 aromatic rings. The maximum atomic E-state index is 5.35. The molecule has 0 saturated carbocycles. The van der Waals surface area contributed by atoms with Crippen LogP contribution in [0.5, 0.6) is 0 Å². The monoisotopic (exact) mass is 140 g/mol. The minimum atomic E-state index is 0.246. The van der Waals surface area contributed by atoms with Crippen molar-refractivity contribution in [3.05, 3.63) is 12.2 Å². The molecule has 0 bridgehead atoms. The van der Waals surface area contributed by atoms with Crippen LogP contribution in [0.25, 0.3) is 0 Å². The third kappa shape index (κ3) is 0.976. The first-order chi connectivity index (χ1) is 4.86. The second-order valence-corrected chi connectivity index (χ2v) is 3.05. The summed E-state index contributed by atoms with van der Waals surface area (Å²) in [5, 5.41) is 0. The fourth-order valence-corrected chi connectivity index (χ4v) is 1.53. The third-order valence-electron chi connectivity index (χ3n) is 2.14. The van der Waals surface area contributed by atoms with Crippen molar-refractivity contribution in [2.24, 2.45) is 5.92 Å². The zero-order valence-electron chi connectivity index (χ0n) is 6.12. The molecule has 1 heterocycles. The smallest absolute Gasteiger partial charge is 0.148 e. The summed E-state index contributed by atoms with van der Waals surface area (Å²) in [5.41, 5.74) is 0. The molecule has 2 heteroatoms. The predicted molar refractivity (Wildman–Crippen MR) is 37.5 cm³/mol. The highest BCUT2D eigenvalue weighted by Gasteiger charge is 2.30. The Kier molecular flexibility index (Phi) is 1.51. The van der Waals surface area contributed by atoms with E-state index in [0.717, 1.165) is 6.42 Å². The molecule has 3 unspecified atom stereocenters. The van der Waals surface area contributed by atoms with Crippen molar-refractivity contribution in [2.45, 2.75) is 25.6 Å². The fraction of sp³-hybridized carbons (Fsp3) is 0.750. The lowest BCUT2D eigenvalue weighted by Crippen LogP contribution is -2.25. The SMILES string of the molecule is CC1C=CC2OCOC2C1. The standard InChI is InChI=1S/C8H12O2/c1-6-2-3-7-8(4-6)10-5-9-7/h2-3,6-8H,4-5H2,1H3. The van der Waals surface area contributed by atoms with Crippen molar-refractivity contribution >= 4 is 0 Å². The van der Waals surface area contributed by atoms with Gasteiger partial charge in [0.15, 0.2) is 0 Å². The minimum Gasteiger partial charge on any atom is -0.349 e. The van der Waals surface area contributed by atoms with E-state index in [0.29, 0.717) is 18.8 Å². The first-order valence-electron chi connectivity index (χ1n) is 3.78. The number of hydrogen-bond donors (Lipinski definition) is 0. The molecule has 1 aliphatic heterocycles. The topological polar surface area (TPSA) is 18.5 Å². The summed E-state index contributed by atoms with van der Waals surface area (Å²) in [5.74, 6) is 0.656. The van der Waals surface area contributed by atoms with Crippen molar-refractivity contribution in [1.82, 2.24) is 0 Å². The molecule has 2 nitrogen and oxygen atoms in total. The van der Waals surface area contributed by atoms with E-state index in [4.69, 9.17) is 9.47 Å². The summed E-state index contributed by atoms with van der Waals surface area (Å²) >= 11 is 0. The molecule has 1 saturated heterocycles. The van der Waals surface area contributed by atoms with Crippen LogP contribution in [0.1, 0.15) is 13.3 Å². The maximum Gasteiger partial charge on any atom is 0.148 e. The van der Waals surface area contributed by atoms with Gasteiger partial charge in [0.05, 0.1) is 6.10 Å². The van der Waals surface area contributed by atoms with E-state index in [-0.39, 0.29) is 6.10 Å². The van der Waals surface area contributed by atoms with Crippen LogP contribution in [0.3, 0.4) is 0 Å². The summed E-state index contributed by atoms with van der Waals surface area (Å²) in [7, 11) is 0. The van der Waals surface area contributed by atoms with Gasteiger partial charge in [-0.2, -0.15) is 0 Å². The maximum absolute atomic E-state index is 5.35. The van der Waals surface area contributed by atoms with Gasteiger partial charge in [0.25, 0.3) is 0 Å². The molecular formula is C8H12O2. The van der Waals surface area contributed by atoms with Crippen molar-refractivity contribution in [1.29, 1.82) is 0 Å². The van der Waals surface area contributed by atoms with E-state index in [1.165, 1.54) is 0 Å². The van der Waals surface area contributed by atoms with Crippen LogP contribution in [-0.2, 0) is 9.47 Å². The summed E-state index contributed by atoms with van der Waals surface area (Å²) in [6, 6.07) is 0. The molecule has 0 aromatic heterocycles. The Morgan fingerprint density at radius 2 is 2.20 bits per heavy atom. The lowest BCUT2D eigenvalue weighted by molar-refractivity contribution is 0.0406. The van der Waals surface area contributed by atoms with Crippen molar-refractivity contribution in [3.8, 4) is 0 Å². The second-order valence-electron chi connectivity index (χ2n) is 3.05. The highest BCUT2D eigenvalue weighted by molar-refractivity contribution is 5.03. The second kappa shape index (κ2) is 2.36. The van der Waals surface area contributed by atoms with Gasteiger partial charge in [-0.3, -0.25) is 0 Å². The molecule has 3 atom stereocenters. The fourth-order valence-electron chi connectivity index (χ4n) is 1.53. The van der Waals surface area contributed by atoms with E-state index < -0.39 is 0 Å². The Bertz CT molecular complexity index is 153. The normalized spacial score (nSPS) is 45.5. The van der Waals surface area contributed by atoms with Gasteiger partial charge in [0, 0.05) is 0 Å². The van der Waals surface area contributed by atoms with Gasteiger partial charge in [0.2, 0.25) is 0 Å². The Balaban J connectivity index is 2.09. The zero-order valence-corrected chi connectivity index (χ0v) is 6.12. The number of allylic oxidation sites excluding steroid dienone is 1. The van der Waals surface area contributed by atoms with Crippen LogP contribution in [0.15, 0.2) is 12.2 Å². The molecule has 0 aromatic carbocycles. The van der Waals surface area contributed by atoms with E-state index in [2.05, 4.69) is 19.1 Å². The molecule has 2 rings (SSSR count). The van der Waals surface area contributed by atoms with Gasteiger partial charge >= 0.3 is 0 Å². The lowest BCUT2D eigenvalue weighted by atomic mass is 9.94. The molecule has 56 valence electrons. The number of rotatable bonds is 0. The molecular weight excluding hydrogens is 128 g/mol. The quantitative estimate of drug-likeness (QED) is 0.472. The molecule has 0 spiro atoms. The highest BCUT2D eigenvalue weighted by atomic mass is 16.7. The Morgan fingerprint density at radius 1 is 1.30 bits per heavy atom. The van der Waals surface area contributed by atoms with E-state index in [1.54, 1.807) is 0 Å². The van der Waals surface area contributed by atoms with Crippen LogP contribution in [-0.4, -0.2) is 19.0 Å². The predicted octanol–water partition coefficient (Wildman–Crippen LogP) is 1.32. The Hall–Kier alpha value is -0.340. The first-order valence-corrected chi connectivity index (χ1v) is 3.78. The molecule has 0 amide bonds. The number of hydrogen-bond acceptors (Lipinski definition) is 2. The summed E-state index contributed by atoms with van der Waals surface area (Å²) in [6.07, 6.45) is 6.01. The Labute approximate surface area is 60.8 Å². The van der Waals surface area contributed by atoms with Crippen LogP contribution in [0, 0.1) is 5.92 Å². The van der Waals surface area contributed by atoms with E-state index in [1.807, 2.05) is 0 Å². The van der Waals surface area contributed by atoms with E-state index in [9.17, 15) is 0 Å². The lowest BCUT2D eigenvalue weighted by Gasteiger charge is -2.21. The number of fused-ring (bicyclic) bond motifs is 1. The molecule has 1 aliphatic carbocycles. The first kappa shape index (κ1) is 6.38. The van der Waals surface area contributed by atoms with Gasteiger partial charge in [-0.1, -0.05) is 19.1 Å². The average molecular weight is 140 g/mol. The van der Waals surface area contributed by atoms with Gasteiger partial charge in [-0.15, -0.1) is 0 Å². The van der Waals surface area contributed by atoms with Gasteiger partial charge in [-0.25, -0.2) is 0 Å². The molecule has 0 radical (unpaired) electrons. The zero-order chi connectivity index (χ0) is 6.97. The van der Waals surface area contributed by atoms with Crippen molar-refractivity contribution in [2.75, 3.05) is 6.79 Å². The van der Waals surface area contributed by atoms with Gasteiger partial charge < -0.3 is 9.47 Å². The largest absolute Gasteiger partial charge is 0.349 e. The van der Waals surface area contributed by atoms with E-state index >= 15 is 0 Å². The van der Waals surface area contributed by atoms with Gasteiger partial charge in [0.1, 0.15) is 12.9 Å². The highest BCUT2D eigenvalue weighted by Crippen LogP contribution is 2.26. The summed E-state index contributed by atoms with van der Waals surface area (Å²) < 4.78 is 10.6. The van der Waals surface area contributed by atoms with Crippen LogP contribution < -0.4 is 0 Å².